The van der Waals surface area contributed by atoms with Gasteiger partial charge in [0, 0.05) is 17.9 Å². The van der Waals surface area contributed by atoms with E-state index >= 15 is 0 Å². The van der Waals surface area contributed by atoms with Crippen LogP contribution in [-0.2, 0) is 16.0 Å². The number of halogens is 3. The number of rotatable bonds is 4. The first kappa shape index (κ1) is 26.0. The largest absolute Gasteiger partial charge is 0.490 e. The Morgan fingerprint density at radius 3 is 2.29 bits per heavy atom. The molecule has 0 fully saturated rings. The smallest absolute Gasteiger partial charge is 0.475 e. The second-order valence-electron chi connectivity index (χ2n) is 8.31. The first-order valence-corrected chi connectivity index (χ1v) is 11.0. The predicted molar refractivity (Wildman–Crippen MR) is 126 cm³/mol. The van der Waals surface area contributed by atoms with Gasteiger partial charge in [-0.3, -0.25) is 4.79 Å². The van der Waals surface area contributed by atoms with Crippen LogP contribution in [0.2, 0.25) is 0 Å². The van der Waals surface area contributed by atoms with E-state index in [2.05, 4.69) is 17.2 Å². The molecule has 0 bridgehead atoms. The Morgan fingerprint density at radius 1 is 1.11 bits per heavy atom. The maximum atomic E-state index is 13.0. The number of fused-ring (bicyclic) bond motifs is 1. The van der Waals surface area contributed by atoms with Crippen molar-refractivity contribution in [3.63, 3.8) is 0 Å². The lowest BCUT2D eigenvalue weighted by atomic mass is 9.89. The molecule has 186 valence electrons. The van der Waals surface area contributed by atoms with E-state index in [-0.39, 0.29) is 5.91 Å². The molecule has 1 atom stereocenters. The first-order chi connectivity index (χ1) is 16.5. The summed E-state index contributed by atoms with van der Waals surface area (Å²) in [5, 5.41) is 11.6. The summed E-state index contributed by atoms with van der Waals surface area (Å²) in [5.74, 6) is -2.30. The fourth-order valence-corrected chi connectivity index (χ4v) is 4.06. The number of anilines is 1. The minimum Gasteiger partial charge on any atom is -0.475 e. The van der Waals surface area contributed by atoms with Crippen molar-refractivity contribution in [2.75, 3.05) is 18.0 Å². The van der Waals surface area contributed by atoms with Gasteiger partial charge in [-0.25, -0.2) is 9.48 Å². The van der Waals surface area contributed by atoms with Crippen LogP contribution in [0.5, 0.6) is 0 Å². The molecular weight excluding hydrogens is 461 g/mol. The Hall–Kier alpha value is -3.66. The number of carbonyl (C=O) groups excluding carboxylic acids is 1. The topological polar surface area (TPSA) is 101 Å². The third-order valence-electron chi connectivity index (χ3n) is 5.74. The molecule has 7 nitrogen and oxygen atoms in total. The molecule has 10 heteroatoms. The predicted octanol–water partition coefficient (Wildman–Crippen LogP) is 4.14. The molecule has 0 saturated carbocycles. The highest BCUT2D eigenvalue weighted by Gasteiger charge is 2.38. The summed E-state index contributed by atoms with van der Waals surface area (Å²) in [7, 11) is 0. The monoisotopic (exact) mass is 488 g/mol. The number of nitrogens with two attached hydrogens (primary N) is 1. The third-order valence-corrected chi connectivity index (χ3v) is 5.74. The fourth-order valence-electron chi connectivity index (χ4n) is 4.06. The summed E-state index contributed by atoms with van der Waals surface area (Å²) in [4.78, 5) is 23.8. The Bertz CT molecular complexity index is 1190. The summed E-state index contributed by atoms with van der Waals surface area (Å²) in [6, 6.07) is 18.3. The van der Waals surface area contributed by atoms with Crippen LogP contribution in [0.25, 0.3) is 5.69 Å². The molecule has 3 aromatic rings. The number of hydrogen-bond acceptors (Lipinski definition) is 4. The van der Waals surface area contributed by atoms with E-state index in [0.29, 0.717) is 18.9 Å². The zero-order chi connectivity index (χ0) is 25.8. The second-order valence-corrected chi connectivity index (χ2v) is 8.31. The number of carboxylic acid groups (broad SMARTS) is 1. The molecule has 0 radical (unpaired) electrons. The van der Waals surface area contributed by atoms with Crippen molar-refractivity contribution in [3.8, 4) is 5.69 Å². The number of aromatic nitrogens is 2. The summed E-state index contributed by atoms with van der Waals surface area (Å²) >= 11 is 0. The van der Waals surface area contributed by atoms with Gasteiger partial charge in [0.1, 0.15) is 0 Å². The molecular formula is C25H27F3N4O3. The Morgan fingerprint density at radius 2 is 1.74 bits per heavy atom. The number of para-hydroxylation sites is 1. The standard InChI is InChI=1S/C23H26N4O.C2HF3O2/c1-16-13-17(2)27(25-16)20-9-7-18(8-10-20)14-23(28)26-12-11-19(15-24)21-5-3-4-6-22(21)26;3-2(4,5)1(6)7/h3-10,13,19H,11-12,14-15,24H2,1-2H3;(H,6,7). The van der Waals surface area contributed by atoms with E-state index in [1.54, 1.807) is 0 Å². The van der Waals surface area contributed by atoms with Crippen molar-refractivity contribution in [3.05, 3.63) is 77.1 Å². The lowest BCUT2D eigenvalue weighted by Gasteiger charge is -2.34. The van der Waals surface area contributed by atoms with Crippen LogP contribution >= 0.6 is 0 Å². The molecule has 3 N–H and O–H groups in total. The zero-order valence-corrected chi connectivity index (χ0v) is 19.4. The van der Waals surface area contributed by atoms with E-state index in [1.807, 2.05) is 65.9 Å². The van der Waals surface area contributed by atoms with Gasteiger partial charge in [-0.15, -0.1) is 0 Å². The lowest BCUT2D eigenvalue weighted by molar-refractivity contribution is -0.192. The second kappa shape index (κ2) is 10.7. The van der Waals surface area contributed by atoms with E-state index in [0.717, 1.165) is 41.3 Å². The number of aryl methyl sites for hydroxylation is 2. The Kier molecular flexibility index (Phi) is 7.96. The molecule has 1 amide bonds. The van der Waals surface area contributed by atoms with E-state index < -0.39 is 12.1 Å². The SMILES string of the molecule is Cc1cc(C)n(-c2ccc(CC(=O)N3CCC(CN)c4ccccc43)cc2)n1.O=C(O)C(F)(F)F. The average molecular weight is 489 g/mol. The number of benzene rings is 2. The first-order valence-electron chi connectivity index (χ1n) is 11.0. The molecule has 1 unspecified atom stereocenters. The number of carbonyl (C=O) groups is 2. The van der Waals surface area contributed by atoms with Gasteiger partial charge in [-0.1, -0.05) is 30.3 Å². The van der Waals surface area contributed by atoms with Crippen LogP contribution in [0.3, 0.4) is 0 Å². The number of aliphatic carboxylic acids is 1. The van der Waals surface area contributed by atoms with Crippen LogP contribution < -0.4 is 10.6 Å². The summed E-state index contributed by atoms with van der Waals surface area (Å²) < 4.78 is 33.7. The summed E-state index contributed by atoms with van der Waals surface area (Å²) in [6.45, 7) is 5.37. The van der Waals surface area contributed by atoms with Gasteiger partial charge in [-0.05, 0) is 68.1 Å². The third kappa shape index (κ3) is 6.27. The number of carboxylic acids is 1. The molecule has 0 aliphatic carbocycles. The molecule has 0 saturated heterocycles. The van der Waals surface area contributed by atoms with E-state index in [9.17, 15) is 18.0 Å². The van der Waals surface area contributed by atoms with Crippen LogP contribution in [0.4, 0.5) is 18.9 Å². The maximum absolute atomic E-state index is 13.0. The zero-order valence-electron chi connectivity index (χ0n) is 19.4. The fraction of sp³-hybridized carbons (Fsp3) is 0.320. The van der Waals surface area contributed by atoms with Gasteiger partial charge in [0.2, 0.25) is 5.91 Å². The minimum absolute atomic E-state index is 0.127. The van der Waals surface area contributed by atoms with Gasteiger partial charge < -0.3 is 15.7 Å². The molecule has 1 aliphatic rings. The number of nitrogens with zero attached hydrogens (tertiary/aromatic N) is 3. The van der Waals surface area contributed by atoms with Crippen molar-refractivity contribution in [2.45, 2.75) is 38.8 Å². The maximum Gasteiger partial charge on any atom is 0.490 e. The molecule has 1 aromatic heterocycles. The quantitative estimate of drug-likeness (QED) is 0.575. The minimum atomic E-state index is -5.08. The molecule has 4 rings (SSSR count). The van der Waals surface area contributed by atoms with Gasteiger partial charge in [-0.2, -0.15) is 18.3 Å². The van der Waals surface area contributed by atoms with Crippen molar-refractivity contribution in [1.82, 2.24) is 9.78 Å². The molecule has 2 heterocycles. The van der Waals surface area contributed by atoms with Crippen LogP contribution in [0.1, 0.15) is 34.9 Å². The Balaban J connectivity index is 0.000000429. The molecule has 0 spiro atoms. The highest BCUT2D eigenvalue weighted by atomic mass is 19.4. The van der Waals surface area contributed by atoms with E-state index in [4.69, 9.17) is 15.6 Å². The van der Waals surface area contributed by atoms with Gasteiger partial charge >= 0.3 is 12.1 Å². The van der Waals surface area contributed by atoms with Crippen molar-refractivity contribution < 1.29 is 27.9 Å². The molecule has 1 aliphatic heterocycles. The van der Waals surface area contributed by atoms with Crippen molar-refractivity contribution in [1.29, 1.82) is 0 Å². The van der Waals surface area contributed by atoms with Crippen molar-refractivity contribution >= 4 is 17.6 Å². The number of hydrogen-bond donors (Lipinski definition) is 2. The summed E-state index contributed by atoms with van der Waals surface area (Å²) in [6.07, 6.45) is -3.78. The normalized spacial score (nSPS) is 15.1. The Labute approximate surface area is 201 Å². The highest BCUT2D eigenvalue weighted by Crippen LogP contribution is 2.34. The number of amides is 1. The average Bonchev–Trinajstić information content (AvgIpc) is 3.16. The van der Waals surface area contributed by atoms with Crippen LogP contribution in [-0.4, -0.2) is 46.0 Å². The molecule has 35 heavy (non-hydrogen) atoms. The van der Waals surface area contributed by atoms with Crippen LogP contribution in [0.15, 0.2) is 54.6 Å². The van der Waals surface area contributed by atoms with Gasteiger partial charge in [0.25, 0.3) is 0 Å². The highest BCUT2D eigenvalue weighted by molar-refractivity contribution is 5.96. The van der Waals surface area contributed by atoms with Crippen molar-refractivity contribution in [2.24, 2.45) is 5.73 Å². The molecule has 2 aromatic carbocycles. The van der Waals surface area contributed by atoms with Gasteiger partial charge in [0.05, 0.1) is 17.8 Å². The van der Waals surface area contributed by atoms with Gasteiger partial charge in [0.15, 0.2) is 0 Å². The lowest BCUT2D eigenvalue weighted by Crippen LogP contribution is -2.38. The van der Waals surface area contributed by atoms with Crippen LogP contribution in [0, 0.1) is 13.8 Å². The summed E-state index contributed by atoms with van der Waals surface area (Å²) in [5.41, 5.74) is 12.2. The van der Waals surface area contributed by atoms with E-state index in [1.165, 1.54) is 5.56 Å². The number of alkyl halides is 3.